The number of hydrogen-bond acceptors (Lipinski definition) is 4. The van der Waals surface area contributed by atoms with Crippen LogP contribution in [-0.2, 0) is 10.1 Å². The molecule has 1 aromatic carbocycles. The molecule has 0 fully saturated rings. The van der Waals surface area contributed by atoms with Crippen LogP contribution in [0.5, 0.6) is 0 Å². The largest absolute Gasteiger partial charge is 0.395 e. The number of hydrogen-bond donors (Lipinski definition) is 3. The number of amides is 1. The average molecular weight is 244 g/mol. The summed E-state index contributed by atoms with van der Waals surface area (Å²) < 4.78 is 30.3. The minimum absolute atomic E-state index is 0.0681. The third-order valence-electron chi connectivity index (χ3n) is 1.71. The van der Waals surface area contributed by atoms with E-state index in [2.05, 4.69) is 11.4 Å². The third kappa shape index (κ3) is 3.30. The lowest BCUT2D eigenvalue weighted by Crippen LogP contribution is -2.26. The fourth-order valence-corrected chi connectivity index (χ4v) is 1.50. The van der Waals surface area contributed by atoms with E-state index in [1.165, 1.54) is 12.1 Å². The lowest BCUT2D eigenvalue weighted by molar-refractivity contribution is 0.0944. The molecule has 0 saturated carbocycles. The molecule has 0 heterocycles. The van der Waals surface area contributed by atoms with E-state index in [0.717, 1.165) is 6.07 Å². The molecule has 0 saturated heterocycles. The van der Waals surface area contributed by atoms with Crippen LogP contribution in [0.3, 0.4) is 0 Å². The Labute approximate surface area is 92.7 Å². The minimum atomic E-state index is -4.36. The third-order valence-corrected chi connectivity index (χ3v) is 2.50. The number of aliphatic hydroxyl groups is 1. The number of aliphatic hydroxyl groups excluding tert-OH is 1. The number of benzene rings is 1. The molecule has 0 aliphatic carbocycles. The van der Waals surface area contributed by atoms with Gasteiger partial charge in [-0.05, 0) is 12.1 Å². The summed E-state index contributed by atoms with van der Waals surface area (Å²) in [4.78, 5) is 10.9. The molecule has 3 N–H and O–H groups in total. The second-order valence-corrected chi connectivity index (χ2v) is 4.29. The van der Waals surface area contributed by atoms with Crippen molar-refractivity contribution in [3.05, 3.63) is 29.8 Å². The van der Waals surface area contributed by atoms with Crippen LogP contribution in [0.15, 0.2) is 23.1 Å². The van der Waals surface area contributed by atoms with Crippen molar-refractivity contribution < 1.29 is 22.9 Å². The fraction of sp³-hybridized carbons (Fsp3) is 0.222. The Bertz CT molecular complexity index is 482. The Kier molecular flexibility index (Phi) is 3.99. The van der Waals surface area contributed by atoms with Crippen molar-refractivity contribution in [2.75, 3.05) is 13.2 Å². The van der Waals surface area contributed by atoms with E-state index in [9.17, 15) is 13.2 Å². The number of nitrogens with one attached hydrogen (secondary N) is 1. The predicted octanol–water partition coefficient (Wildman–Crippen LogP) is -0.544. The molecule has 6 nitrogen and oxygen atoms in total. The summed E-state index contributed by atoms with van der Waals surface area (Å²) in [6.45, 7) is -0.144. The zero-order chi connectivity index (χ0) is 12.2. The van der Waals surface area contributed by atoms with Crippen LogP contribution in [0.25, 0.3) is 0 Å². The first-order chi connectivity index (χ1) is 7.45. The summed E-state index contributed by atoms with van der Waals surface area (Å²) in [7, 11) is -4.36. The SMILES string of the molecule is O=C(NCCO)c1cc[c]c(S(=O)(=O)O)c1. The zero-order valence-electron chi connectivity index (χ0n) is 8.17. The van der Waals surface area contributed by atoms with E-state index in [0.29, 0.717) is 0 Å². The first-order valence-electron chi connectivity index (χ1n) is 4.33. The van der Waals surface area contributed by atoms with Gasteiger partial charge in [0.2, 0.25) is 0 Å². The molecule has 0 spiro atoms. The molecule has 0 aliphatic rings. The molecule has 0 bridgehead atoms. The molecule has 87 valence electrons. The van der Waals surface area contributed by atoms with Crippen molar-refractivity contribution in [2.24, 2.45) is 0 Å². The maximum atomic E-state index is 11.4. The van der Waals surface area contributed by atoms with Crippen molar-refractivity contribution in [2.45, 2.75) is 4.90 Å². The second kappa shape index (κ2) is 5.06. The highest BCUT2D eigenvalue weighted by atomic mass is 32.2. The summed E-state index contributed by atoms with van der Waals surface area (Å²) >= 11 is 0. The Morgan fingerprint density at radius 3 is 2.75 bits per heavy atom. The smallest absolute Gasteiger partial charge is 0.295 e. The van der Waals surface area contributed by atoms with Crippen molar-refractivity contribution >= 4 is 16.0 Å². The van der Waals surface area contributed by atoms with Gasteiger partial charge in [0.1, 0.15) is 4.90 Å². The van der Waals surface area contributed by atoms with Gasteiger partial charge >= 0.3 is 0 Å². The number of rotatable bonds is 4. The maximum absolute atomic E-state index is 11.4. The fourth-order valence-electron chi connectivity index (χ4n) is 1.01. The van der Waals surface area contributed by atoms with Crippen LogP contribution in [0.4, 0.5) is 0 Å². The van der Waals surface area contributed by atoms with Gasteiger partial charge in [-0.1, -0.05) is 6.07 Å². The van der Waals surface area contributed by atoms with Crippen LogP contribution in [-0.4, -0.2) is 37.1 Å². The van der Waals surface area contributed by atoms with Crippen LogP contribution in [0.2, 0.25) is 0 Å². The number of carbonyl (C=O) groups is 1. The van der Waals surface area contributed by atoms with Gasteiger partial charge in [0.15, 0.2) is 0 Å². The molecule has 1 rings (SSSR count). The van der Waals surface area contributed by atoms with Crippen LogP contribution >= 0.6 is 0 Å². The first kappa shape index (κ1) is 12.6. The van der Waals surface area contributed by atoms with Crippen LogP contribution < -0.4 is 5.32 Å². The zero-order valence-corrected chi connectivity index (χ0v) is 8.99. The Balaban J connectivity index is 2.95. The maximum Gasteiger partial charge on any atom is 0.295 e. The van der Waals surface area contributed by atoms with Crippen LogP contribution in [0.1, 0.15) is 10.4 Å². The topological polar surface area (TPSA) is 104 Å². The molecule has 7 heteroatoms. The van der Waals surface area contributed by atoms with Gasteiger partial charge in [-0.2, -0.15) is 8.42 Å². The summed E-state index contributed by atoms with van der Waals surface area (Å²) in [5, 5.41) is 10.8. The molecule has 0 aromatic heterocycles. The highest BCUT2D eigenvalue weighted by molar-refractivity contribution is 7.85. The van der Waals surface area contributed by atoms with Gasteiger partial charge in [-0.15, -0.1) is 0 Å². The highest BCUT2D eigenvalue weighted by Gasteiger charge is 2.12. The predicted molar refractivity (Wildman–Crippen MR) is 54.5 cm³/mol. The molecule has 0 aliphatic heterocycles. The molecule has 1 radical (unpaired) electrons. The first-order valence-corrected chi connectivity index (χ1v) is 5.77. The molecular formula is C9H10NO5S. The molecule has 16 heavy (non-hydrogen) atoms. The van der Waals surface area contributed by atoms with E-state index in [4.69, 9.17) is 9.66 Å². The normalized spacial score (nSPS) is 11.1. The minimum Gasteiger partial charge on any atom is -0.395 e. The lowest BCUT2D eigenvalue weighted by atomic mass is 10.2. The lowest BCUT2D eigenvalue weighted by Gasteiger charge is -2.03. The van der Waals surface area contributed by atoms with E-state index >= 15 is 0 Å². The van der Waals surface area contributed by atoms with Crippen molar-refractivity contribution in [3.8, 4) is 0 Å². The van der Waals surface area contributed by atoms with Crippen molar-refractivity contribution in [1.29, 1.82) is 0 Å². The van der Waals surface area contributed by atoms with Gasteiger partial charge in [-0.3, -0.25) is 9.35 Å². The monoisotopic (exact) mass is 244 g/mol. The molecule has 0 atom stereocenters. The Hall–Kier alpha value is -1.44. The van der Waals surface area contributed by atoms with Crippen LogP contribution in [0, 0.1) is 6.07 Å². The Morgan fingerprint density at radius 2 is 2.19 bits per heavy atom. The second-order valence-electron chi connectivity index (χ2n) is 2.90. The van der Waals surface area contributed by atoms with E-state index in [1.807, 2.05) is 0 Å². The summed E-state index contributed by atoms with van der Waals surface area (Å²) in [6, 6.07) is 5.86. The molecule has 1 amide bonds. The number of carbonyl (C=O) groups excluding carboxylic acids is 1. The van der Waals surface area contributed by atoms with E-state index in [1.54, 1.807) is 0 Å². The summed E-state index contributed by atoms with van der Waals surface area (Å²) in [6.07, 6.45) is 0. The standard InChI is InChI=1S/C9H10NO5S/c11-5-4-10-9(12)7-2-1-3-8(6-7)16(13,14)15/h1-2,6,11H,4-5H2,(H,10,12)(H,13,14,15). The van der Waals surface area contributed by atoms with Gasteiger partial charge in [-0.25, -0.2) is 0 Å². The molecule has 0 unspecified atom stereocenters. The van der Waals surface area contributed by atoms with E-state index < -0.39 is 20.9 Å². The van der Waals surface area contributed by atoms with Gasteiger partial charge in [0.05, 0.1) is 6.61 Å². The van der Waals surface area contributed by atoms with Gasteiger partial charge < -0.3 is 10.4 Å². The van der Waals surface area contributed by atoms with Gasteiger partial charge in [0.25, 0.3) is 16.0 Å². The van der Waals surface area contributed by atoms with Crippen molar-refractivity contribution in [3.63, 3.8) is 0 Å². The summed E-state index contributed by atoms with van der Waals surface area (Å²) in [5.74, 6) is -0.534. The molecular weight excluding hydrogens is 234 g/mol. The molecule has 1 aromatic rings. The van der Waals surface area contributed by atoms with Crippen molar-refractivity contribution in [1.82, 2.24) is 5.32 Å². The quantitative estimate of drug-likeness (QED) is 0.617. The highest BCUT2D eigenvalue weighted by Crippen LogP contribution is 2.10. The van der Waals surface area contributed by atoms with E-state index in [-0.39, 0.29) is 18.7 Å². The van der Waals surface area contributed by atoms with Gasteiger partial charge in [0, 0.05) is 18.2 Å². The average Bonchev–Trinajstić information content (AvgIpc) is 2.25. The Morgan fingerprint density at radius 1 is 1.50 bits per heavy atom. The summed E-state index contributed by atoms with van der Waals surface area (Å²) in [5.41, 5.74) is 0.0693.